The van der Waals surface area contributed by atoms with Crippen molar-refractivity contribution < 1.29 is 9.85 Å². The summed E-state index contributed by atoms with van der Waals surface area (Å²) in [5, 5.41) is 2.08. The van der Waals surface area contributed by atoms with Gasteiger partial charge in [-0.25, -0.2) is 0 Å². The standard InChI is InChI=1S/C8H10N2O/c1-11-8-4-2-3-7(5-8)6-10-9/h2-5,10H,6H2,1H3. The molecule has 0 saturated carbocycles. The second kappa shape index (κ2) is 3.71. The molecule has 1 aromatic carbocycles. The minimum Gasteiger partial charge on any atom is -0.508 e. The molecule has 0 unspecified atom stereocenters. The Morgan fingerprint density at radius 2 is 2.36 bits per heavy atom. The first-order valence-corrected chi connectivity index (χ1v) is 3.36. The molecule has 0 saturated heterocycles. The van der Waals surface area contributed by atoms with Crippen molar-refractivity contribution in [2.24, 2.45) is 0 Å². The van der Waals surface area contributed by atoms with Crippen LogP contribution in [0.15, 0.2) is 24.3 Å². The minimum atomic E-state index is 0.442. The first-order chi connectivity index (χ1) is 5.36. The Hall–Kier alpha value is -1.38. The van der Waals surface area contributed by atoms with Crippen LogP contribution in [0.4, 0.5) is 0 Å². The first-order valence-electron chi connectivity index (χ1n) is 3.36. The first kappa shape index (κ1) is 7.72. The summed E-state index contributed by atoms with van der Waals surface area (Å²) in [6, 6.07) is 7.52. The van der Waals surface area contributed by atoms with E-state index in [1.54, 1.807) is 7.11 Å². The number of methoxy groups -OCH3 is 1. The van der Waals surface area contributed by atoms with Crippen molar-refractivity contribution in [3.63, 3.8) is 0 Å². The molecule has 3 nitrogen and oxygen atoms in total. The molecule has 1 N–H and O–H groups in total. The van der Waals surface area contributed by atoms with Crippen molar-refractivity contribution in [3.8, 4) is 5.75 Å². The lowest BCUT2D eigenvalue weighted by Gasteiger charge is -1.99. The van der Waals surface area contributed by atoms with Crippen LogP contribution in [0.25, 0.3) is 5.53 Å². The average molecular weight is 150 g/mol. The lowest BCUT2D eigenvalue weighted by molar-refractivity contribution is -0.498. The van der Waals surface area contributed by atoms with Crippen LogP contribution >= 0.6 is 0 Å². The second-order valence-electron chi connectivity index (χ2n) is 2.19. The zero-order chi connectivity index (χ0) is 8.10. The molecular formula is C8H10N2O. The quantitative estimate of drug-likeness (QED) is 0.619. The molecule has 0 fully saturated rings. The van der Waals surface area contributed by atoms with E-state index in [1.165, 1.54) is 0 Å². The van der Waals surface area contributed by atoms with Crippen LogP contribution in [-0.4, -0.2) is 7.11 Å². The SMILES string of the molecule is COc1cccc(C[NH+]=[N-])c1. The van der Waals surface area contributed by atoms with Crippen molar-refractivity contribution in [1.82, 2.24) is 0 Å². The third-order valence-electron chi connectivity index (χ3n) is 1.42. The Morgan fingerprint density at radius 3 is 3.00 bits per heavy atom. The zero-order valence-corrected chi connectivity index (χ0v) is 6.37. The highest BCUT2D eigenvalue weighted by Gasteiger charge is 1.94. The lowest BCUT2D eigenvalue weighted by Crippen LogP contribution is -2.60. The summed E-state index contributed by atoms with van der Waals surface area (Å²) in [6.45, 7) is 0.442. The van der Waals surface area contributed by atoms with Crippen LogP contribution in [0.5, 0.6) is 5.75 Å². The second-order valence-corrected chi connectivity index (χ2v) is 2.19. The van der Waals surface area contributed by atoms with Gasteiger partial charge in [-0.2, -0.15) is 0 Å². The number of rotatable bonds is 3. The monoisotopic (exact) mass is 150 g/mol. The molecule has 0 aliphatic heterocycles. The van der Waals surface area contributed by atoms with E-state index in [2.05, 4.69) is 5.11 Å². The van der Waals surface area contributed by atoms with Crippen molar-refractivity contribution >= 4 is 0 Å². The molecule has 1 aromatic rings. The lowest BCUT2D eigenvalue weighted by atomic mass is 10.2. The predicted octanol–water partition coefficient (Wildman–Crippen LogP) is 0.297. The van der Waals surface area contributed by atoms with Gasteiger partial charge in [-0.3, -0.25) is 0 Å². The molecule has 58 valence electrons. The predicted molar refractivity (Wildman–Crippen MR) is 41.0 cm³/mol. The molecule has 0 atom stereocenters. The van der Waals surface area contributed by atoms with Gasteiger partial charge < -0.3 is 15.4 Å². The van der Waals surface area contributed by atoms with Gasteiger partial charge in [-0.05, 0) is 12.1 Å². The molecule has 0 heterocycles. The van der Waals surface area contributed by atoms with Crippen molar-refractivity contribution in [1.29, 1.82) is 0 Å². The van der Waals surface area contributed by atoms with Crippen LogP contribution in [0.3, 0.4) is 0 Å². The van der Waals surface area contributed by atoms with Gasteiger partial charge in [-0.15, -0.1) is 0 Å². The summed E-state index contributed by atoms with van der Waals surface area (Å²) in [4.78, 5) is 0. The maximum absolute atomic E-state index is 8.39. The molecule has 0 spiro atoms. The maximum atomic E-state index is 8.39. The maximum Gasteiger partial charge on any atom is 0.155 e. The van der Waals surface area contributed by atoms with E-state index >= 15 is 0 Å². The van der Waals surface area contributed by atoms with Gasteiger partial charge in [0.2, 0.25) is 0 Å². The van der Waals surface area contributed by atoms with Crippen LogP contribution in [-0.2, 0) is 6.54 Å². The number of hydrogen-bond donors (Lipinski definition) is 1. The summed E-state index contributed by atoms with van der Waals surface area (Å²) in [5.41, 5.74) is 9.38. The molecule has 3 heteroatoms. The summed E-state index contributed by atoms with van der Waals surface area (Å²) in [5.74, 6) is 0.803. The number of hydrogen-bond acceptors (Lipinski definition) is 1. The highest BCUT2D eigenvalue weighted by Crippen LogP contribution is 2.10. The van der Waals surface area contributed by atoms with Gasteiger partial charge in [0.25, 0.3) is 0 Å². The molecular weight excluding hydrogens is 140 g/mol. The third-order valence-corrected chi connectivity index (χ3v) is 1.42. The van der Waals surface area contributed by atoms with Crippen LogP contribution in [0.2, 0.25) is 0 Å². The van der Waals surface area contributed by atoms with Crippen molar-refractivity contribution in [3.05, 3.63) is 35.4 Å². The highest BCUT2D eigenvalue weighted by atomic mass is 16.5. The highest BCUT2D eigenvalue weighted by molar-refractivity contribution is 5.27. The van der Waals surface area contributed by atoms with Crippen molar-refractivity contribution in [2.75, 3.05) is 7.11 Å². The number of nitrogens with zero attached hydrogens (tertiary/aromatic N) is 1. The molecule has 11 heavy (non-hydrogen) atoms. The molecule has 0 aliphatic carbocycles. The van der Waals surface area contributed by atoms with Crippen LogP contribution < -0.4 is 9.85 Å². The number of ether oxygens (including phenoxy) is 1. The largest absolute Gasteiger partial charge is 0.508 e. The molecule has 0 radical (unpaired) electrons. The van der Waals surface area contributed by atoms with Gasteiger partial charge in [0, 0.05) is 5.56 Å². The molecule has 0 amide bonds. The Labute approximate surface area is 65.5 Å². The van der Waals surface area contributed by atoms with E-state index in [1.807, 2.05) is 24.3 Å². The summed E-state index contributed by atoms with van der Waals surface area (Å²) in [7, 11) is 1.62. The minimum absolute atomic E-state index is 0.442. The van der Waals surface area contributed by atoms with E-state index in [0.717, 1.165) is 11.3 Å². The van der Waals surface area contributed by atoms with Crippen LogP contribution in [0.1, 0.15) is 5.56 Å². The van der Waals surface area contributed by atoms with E-state index in [9.17, 15) is 0 Å². The van der Waals surface area contributed by atoms with E-state index in [4.69, 9.17) is 10.3 Å². The van der Waals surface area contributed by atoms with Gasteiger partial charge in [0.15, 0.2) is 6.54 Å². The zero-order valence-electron chi connectivity index (χ0n) is 6.37. The van der Waals surface area contributed by atoms with Gasteiger partial charge >= 0.3 is 0 Å². The van der Waals surface area contributed by atoms with E-state index in [0.29, 0.717) is 6.54 Å². The van der Waals surface area contributed by atoms with E-state index < -0.39 is 0 Å². The Bertz CT molecular complexity index is 248. The van der Waals surface area contributed by atoms with Crippen LogP contribution in [0, 0.1) is 0 Å². The van der Waals surface area contributed by atoms with Gasteiger partial charge in [0.05, 0.1) is 7.11 Å². The molecule has 1 rings (SSSR count). The smallest absolute Gasteiger partial charge is 0.155 e. The molecule has 0 bridgehead atoms. The molecule has 0 aliphatic rings. The third kappa shape index (κ3) is 2.04. The Kier molecular flexibility index (Phi) is 2.60. The van der Waals surface area contributed by atoms with Crippen molar-refractivity contribution in [2.45, 2.75) is 6.54 Å². The fourth-order valence-corrected chi connectivity index (χ4v) is 0.874. The fraction of sp³-hybridized carbons (Fsp3) is 0.250. The fourth-order valence-electron chi connectivity index (χ4n) is 0.874. The average Bonchev–Trinajstić information content (AvgIpc) is 2.06. The van der Waals surface area contributed by atoms with Gasteiger partial charge in [0.1, 0.15) is 5.75 Å². The topological polar surface area (TPSA) is 45.5 Å². The summed E-state index contributed by atoms with van der Waals surface area (Å²) < 4.78 is 4.99. The Balaban J connectivity index is 2.82. The van der Waals surface area contributed by atoms with Gasteiger partial charge in [-0.1, -0.05) is 12.1 Å². The Morgan fingerprint density at radius 1 is 1.55 bits per heavy atom. The summed E-state index contributed by atoms with van der Waals surface area (Å²) >= 11 is 0. The van der Waals surface area contributed by atoms with E-state index in [-0.39, 0.29) is 0 Å². The number of nitrogens with one attached hydrogen (secondary N) is 1. The summed E-state index contributed by atoms with van der Waals surface area (Å²) in [6.07, 6.45) is 0. The number of benzene rings is 1. The normalized spacial score (nSPS) is 9.18. The molecule has 0 aromatic heterocycles.